The molecule has 4 atom stereocenters. The summed E-state index contributed by atoms with van der Waals surface area (Å²) in [6, 6.07) is 57.4. The molecule has 5 amide bonds. The molecule has 6 aromatic rings. The van der Waals surface area contributed by atoms with Gasteiger partial charge in [-0.05, 0) is 97.6 Å². The van der Waals surface area contributed by atoms with Crippen LogP contribution in [0, 0.1) is 5.92 Å². The van der Waals surface area contributed by atoms with Crippen LogP contribution >= 0.6 is 23.5 Å². The third kappa shape index (κ3) is 17.0. The lowest BCUT2D eigenvalue weighted by Gasteiger charge is -2.37. The summed E-state index contributed by atoms with van der Waals surface area (Å²) in [4.78, 5) is 84.4. The highest BCUT2D eigenvalue weighted by Gasteiger charge is 2.41. The summed E-state index contributed by atoms with van der Waals surface area (Å²) < 4.78 is 9.88. The number of ether oxygens (including phenoxy) is 2. The van der Waals surface area contributed by atoms with Gasteiger partial charge < -0.3 is 36.1 Å². The van der Waals surface area contributed by atoms with E-state index >= 15 is 0 Å². The smallest absolute Gasteiger partial charge is 0.407 e. The maximum Gasteiger partial charge on any atom is 0.407 e. The Hall–Kier alpha value is -7.62. The molecule has 5 N–H and O–H groups in total. The first-order valence-corrected chi connectivity index (χ1v) is 29.7. The number of esters is 1. The molecule has 0 bridgehead atoms. The first-order valence-electron chi connectivity index (χ1n) is 27.7. The fourth-order valence-electron chi connectivity index (χ4n) is 9.83. The molecular weight excluding hydrogens is 1050 g/mol. The highest BCUT2D eigenvalue weighted by molar-refractivity contribution is 8.00. The van der Waals surface area contributed by atoms with Gasteiger partial charge in [0.05, 0.1) is 15.9 Å². The highest BCUT2D eigenvalue weighted by atomic mass is 32.2. The predicted octanol–water partition coefficient (Wildman–Crippen LogP) is 10.6. The fourth-order valence-corrected chi connectivity index (χ4v) is 12.9. The molecule has 0 aromatic heterocycles. The van der Waals surface area contributed by atoms with Crippen LogP contribution in [0.25, 0.3) is 0 Å². The Labute approximate surface area is 485 Å². The Morgan fingerprint density at radius 1 is 0.605 bits per heavy atom. The lowest BCUT2D eigenvalue weighted by Crippen LogP contribution is -2.59. The molecule has 6 aromatic carbocycles. The van der Waals surface area contributed by atoms with Crippen molar-refractivity contribution in [2.24, 2.45) is 5.92 Å². The zero-order valence-corrected chi connectivity index (χ0v) is 48.4. The highest BCUT2D eigenvalue weighted by Crippen LogP contribution is 2.50. The Balaban J connectivity index is 1.18. The molecule has 4 unspecified atom stereocenters. The van der Waals surface area contributed by atoms with Crippen LogP contribution in [0.2, 0.25) is 0 Å². The molecule has 1 fully saturated rings. The molecule has 1 heterocycles. The molecule has 0 saturated carbocycles. The van der Waals surface area contributed by atoms with E-state index in [4.69, 9.17) is 9.47 Å². The van der Waals surface area contributed by atoms with Gasteiger partial charge in [0.2, 0.25) is 23.6 Å². The third-order valence-electron chi connectivity index (χ3n) is 13.7. The van der Waals surface area contributed by atoms with Gasteiger partial charge in [-0.2, -0.15) is 0 Å². The molecule has 1 saturated heterocycles. The third-order valence-corrected chi connectivity index (χ3v) is 16.9. The molecule has 81 heavy (non-hydrogen) atoms. The second-order valence-electron chi connectivity index (χ2n) is 21.2. The van der Waals surface area contributed by atoms with Crippen molar-refractivity contribution in [1.82, 2.24) is 26.6 Å². The van der Waals surface area contributed by atoms with Gasteiger partial charge in [-0.1, -0.05) is 202 Å². The van der Waals surface area contributed by atoms with Crippen molar-refractivity contribution in [3.63, 3.8) is 0 Å². The number of hydrogen-bond donors (Lipinski definition) is 5. The summed E-state index contributed by atoms with van der Waals surface area (Å²) in [7, 11) is 0. The summed E-state index contributed by atoms with van der Waals surface area (Å²) in [5.74, 6) is -3.06. The van der Waals surface area contributed by atoms with Crippen molar-refractivity contribution >= 4 is 59.2 Å². The lowest BCUT2D eigenvalue weighted by molar-refractivity contribution is -0.148. The maximum absolute atomic E-state index is 14.9. The van der Waals surface area contributed by atoms with Gasteiger partial charge in [0, 0.05) is 12.3 Å². The molecule has 0 aliphatic carbocycles. The largest absolute Gasteiger partial charge is 0.456 e. The minimum atomic E-state index is -1.24. The topological polar surface area (TPSA) is 181 Å². The zero-order valence-electron chi connectivity index (χ0n) is 46.8. The Kier molecular flexibility index (Phi) is 22.4. The summed E-state index contributed by atoms with van der Waals surface area (Å²) in [6.07, 6.45) is 3.01. The number of hydrogen-bond acceptors (Lipinski definition) is 10. The SMILES string of the molecule is CC(C)C1NC(=O)C(CSC(c2ccccc2)(c2ccccc2)c2ccccc2)NC(=O)C(CCCCNC(=O)OC(C)(C)C)NC(=O)CC(/C=C/CCSC(c2ccccc2)(c2ccccc2)c2ccccc2)OC(=O)CNC1=O. The summed E-state index contributed by atoms with van der Waals surface area (Å²) >= 11 is 3.23. The Morgan fingerprint density at radius 2 is 1.05 bits per heavy atom. The van der Waals surface area contributed by atoms with Gasteiger partial charge in [-0.3, -0.25) is 24.0 Å². The standard InChI is InChI=1S/C66H75N5O8S2/c1-47(2)59-62(76)68-45-58(73)78-54(40-25-27-43-80-65(48-28-12-6-13-29-48,49-30-14-7-15-31-49)50-32-16-8-17-33-50)44-57(72)69-55(41-24-26-42-67-63(77)79-64(3,4)5)60(74)70-56(61(75)71-59)46-81-66(51-34-18-9-19-35-51,52-36-20-10-21-37-52)53-38-22-11-23-39-53/h6-23,25,28-40,47,54-56,59H,24,26-27,41-46H2,1-5H3,(H,67,77)(H,68,76)(H,69,72)(H,70,74)(H,71,75)/b40-25+. The average Bonchev–Trinajstić information content (AvgIpc) is 3.56. The molecule has 424 valence electrons. The van der Waals surface area contributed by atoms with E-state index in [0.29, 0.717) is 25.0 Å². The average molecular weight is 1130 g/mol. The fraction of sp³-hybridized carbons (Fsp3) is 0.333. The van der Waals surface area contributed by atoms with E-state index in [1.165, 1.54) is 11.8 Å². The number of alkyl carbamates (subject to hydrolysis) is 1. The van der Waals surface area contributed by atoms with E-state index in [9.17, 15) is 28.8 Å². The van der Waals surface area contributed by atoms with Crippen LogP contribution in [0.15, 0.2) is 194 Å². The van der Waals surface area contributed by atoms with Crippen molar-refractivity contribution in [2.45, 2.75) is 106 Å². The number of amides is 5. The molecular formula is C66H75N5O8S2. The van der Waals surface area contributed by atoms with Crippen LogP contribution in [-0.2, 0) is 42.9 Å². The van der Waals surface area contributed by atoms with Gasteiger partial charge >= 0.3 is 12.1 Å². The van der Waals surface area contributed by atoms with Crippen LogP contribution in [0.3, 0.4) is 0 Å². The zero-order chi connectivity index (χ0) is 57.7. The second-order valence-corrected chi connectivity index (χ2v) is 23.8. The summed E-state index contributed by atoms with van der Waals surface area (Å²) in [5, 5.41) is 14.2. The molecule has 15 heteroatoms. The minimum absolute atomic E-state index is 0.0177. The quantitative estimate of drug-likeness (QED) is 0.0214. The Morgan fingerprint density at radius 3 is 1.49 bits per heavy atom. The van der Waals surface area contributed by atoms with E-state index in [2.05, 4.69) is 63.0 Å². The first-order chi connectivity index (χ1) is 39.1. The number of carbonyl (C=O) groups is 6. The molecule has 0 spiro atoms. The number of allylic oxidation sites excluding steroid dienone is 1. The Bertz CT molecular complexity index is 2810. The van der Waals surface area contributed by atoms with E-state index in [-0.39, 0.29) is 25.1 Å². The minimum Gasteiger partial charge on any atom is -0.456 e. The van der Waals surface area contributed by atoms with E-state index in [1.807, 2.05) is 152 Å². The van der Waals surface area contributed by atoms with Crippen molar-refractivity contribution in [1.29, 1.82) is 0 Å². The van der Waals surface area contributed by atoms with Gasteiger partial charge in [0.1, 0.15) is 36.4 Å². The number of unbranched alkanes of at least 4 members (excludes halogenated alkanes) is 1. The number of cyclic esters (lactones) is 1. The lowest BCUT2D eigenvalue weighted by atomic mass is 9.84. The van der Waals surface area contributed by atoms with Crippen LogP contribution in [0.4, 0.5) is 4.79 Å². The van der Waals surface area contributed by atoms with Gasteiger partial charge in [-0.25, -0.2) is 4.79 Å². The number of nitrogens with one attached hydrogen (secondary N) is 5. The van der Waals surface area contributed by atoms with E-state index in [1.54, 1.807) is 52.5 Å². The van der Waals surface area contributed by atoms with Crippen molar-refractivity contribution in [2.75, 3.05) is 24.6 Å². The molecule has 7 rings (SSSR count). The van der Waals surface area contributed by atoms with Crippen LogP contribution in [0.5, 0.6) is 0 Å². The second kappa shape index (κ2) is 29.7. The van der Waals surface area contributed by atoms with Gasteiger partial charge in [-0.15, -0.1) is 23.5 Å². The van der Waals surface area contributed by atoms with E-state index < -0.39 is 87.5 Å². The van der Waals surface area contributed by atoms with Crippen LogP contribution in [-0.4, -0.2) is 90.1 Å². The van der Waals surface area contributed by atoms with Crippen molar-refractivity contribution in [3.05, 3.63) is 228 Å². The number of benzene rings is 6. The van der Waals surface area contributed by atoms with Crippen molar-refractivity contribution < 1.29 is 38.2 Å². The monoisotopic (exact) mass is 1130 g/mol. The summed E-state index contributed by atoms with van der Waals surface area (Å²) in [5.41, 5.74) is 5.45. The number of thioether (sulfide) groups is 2. The molecule has 13 nitrogen and oxygen atoms in total. The molecule has 1 aliphatic rings. The van der Waals surface area contributed by atoms with Crippen LogP contribution < -0.4 is 26.6 Å². The van der Waals surface area contributed by atoms with Gasteiger partial charge in [0.25, 0.3) is 0 Å². The molecule has 0 radical (unpaired) electrons. The van der Waals surface area contributed by atoms with Gasteiger partial charge in [0.15, 0.2) is 0 Å². The van der Waals surface area contributed by atoms with Crippen molar-refractivity contribution in [3.8, 4) is 0 Å². The van der Waals surface area contributed by atoms with Crippen LogP contribution in [0.1, 0.15) is 100 Å². The number of rotatable bonds is 20. The first kappa shape index (κ1) is 61.0. The summed E-state index contributed by atoms with van der Waals surface area (Å²) in [6.45, 7) is 8.58. The number of carbonyl (C=O) groups excluding carboxylic acids is 6. The normalized spacial score (nSPS) is 18.0. The predicted molar refractivity (Wildman–Crippen MR) is 323 cm³/mol. The molecule has 1 aliphatic heterocycles. The van der Waals surface area contributed by atoms with E-state index in [0.717, 1.165) is 33.4 Å². The maximum atomic E-state index is 14.9.